The number of alkyl halides is 2. The van der Waals surface area contributed by atoms with Gasteiger partial charge in [-0.2, -0.15) is 0 Å². The van der Waals surface area contributed by atoms with E-state index in [9.17, 15) is 24.0 Å². The number of rotatable bonds is 8. The largest absolute Gasteiger partial charge is 0.453 e. The fraction of sp³-hybridized carbons (Fsp3) is 0.237. The minimum absolute atomic E-state index is 0.112. The number of halogens is 3. The van der Waals surface area contributed by atoms with E-state index in [-0.39, 0.29) is 29.0 Å². The molecular weight excluding hydrogens is 715 g/mol. The maximum atomic E-state index is 12.5. The minimum atomic E-state index is -0.829. The van der Waals surface area contributed by atoms with Crippen molar-refractivity contribution in [3.05, 3.63) is 119 Å². The van der Waals surface area contributed by atoms with Gasteiger partial charge in [0.05, 0.1) is 22.2 Å². The van der Waals surface area contributed by atoms with Gasteiger partial charge in [0, 0.05) is 29.9 Å². The van der Waals surface area contributed by atoms with E-state index >= 15 is 0 Å². The van der Waals surface area contributed by atoms with Crippen LogP contribution in [0.25, 0.3) is 0 Å². The van der Waals surface area contributed by atoms with E-state index in [0.717, 1.165) is 22.5 Å². The minimum Gasteiger partial charge on any atom is -0.453 e. The normalized spacial score (nSPS) is 10.3. The number of ether oxygens (including phenoxy) is 1. The number of carbonyl (C=O) groups is 5. The second kappa shape index (κ2) is 23.5. The first-order chi connectivity index (χ1) is 24.1. The lowest BCUT2D eigenvalue weighted by Gasteiger charge is -2.15. The SMILES string of the molecule is CC(=O)O[C@@H](C)C(=O)Cl.Cc1cccc(N)c1C(=O)Nc1ccccc1.Cc1cccc(NC(=O)C(C)C)c1C(=O)Nc1ccccc1.ClCCl. The number of nitrogens with one attached hydrogen (secondary N) is 3. The number of carbonyl (C=O) groups excluding carboxylic acids is 5. The zero-order valence-electron chi connectivity index (χ0n) is 29.3. The molecule has 51 heavy (non-hydrogen) atoms. The highest BCUT2D eigenvalue weighted by Crippen LogP contribution is 2.22. The number of benzene rings is 4. The number of amides is 3. The van der Waals surface area contributed by atoms with Crippen LogP contribution >= 0.6 is 34.8 Å². The average molecular weight is 758 g/mol. The number of nitrogen functional groups attached to an aromatic ring is 1. The number of anilines is 4. The van der Waals surface area contributed by atoms with Crippen molar-refractivity contribution in [3.8, 4) is 0 Å². The Hall–Kier alpha value is -4.90. The van der Waals surface area contributed by atoms with Crippen molar-refractivity contribution in [1.82, 2.24) is 0 Å². The van der Waals surface area contributed by atoms with E-state index in [1.165, 1.54) is 13.8 Å². The van der Waals surface area contributed by atoms with Gasteiger partial charge in [0.25, 0.3) is 17.1 Å². The van der Waals surface area contributed by atoms with Crippen LogP contribution < -0.4 is 21.7 Å². The summed E-state index contributed by atoms with van der Waals surface area (Å²) in [4.78, 5) is 56.8. The number of nitrogens with two attached hydrogens (primary N) is 1. The summed E-state index contributed by atoms with van der Waals surface area (Å²) in [5.41, 5.74) is 11.0. The summed E-state index contributed by atoms with van der Waals surface area (Å²) in [6.07, 6.45) is -0.829. The molecule has 0 unspecified atom stereocenters. The van der Waals surface area contributed by atoms with Gasteiger partial charge in [-0.1, -0.05) is 74.5 Å². The molecular formula is C38H43Cl3N4O6. The highest BCUT2D eigenvalue weighted by molar-refractivity contribution is 6.64. The summed E-state index contributed by atoms with van der Waals surface area (Å²) in [6.45, 7) is 9.98. The molecule has 0 aliphatic rings. The summed E-state index contributed by atoms with van der Waals surface area (Å²) in [6, 6.07) is 29.4. The lowest BCUT2D eigenvalue weighted by atomic mass is 10.0. The molecule has 0 saturated carbocycles. The van der Waals surface area contributed by atoms with Crippen LogP contribution in [-0.2, 0) is 19.1 Å². The topological polar surface area (TPSA) is 157 Å². The second-order valence-corrected chi connectivity index (χ2v) is 12.2. The lowest BCUT2D eigenvalue weighted by Crippen LogP contribution is -2.22. The van der Waals surface area contributed by atoms with E-state index in [4.69, 9.17) is 40.5 Å². The van der Waals surface area contributed by atoms with Crippen LogP contribution in [0.1, 0.15) is 59.5 Å². The Kier molecular flexibility index (Phi) is 20.3. The van der Waals surface area contributed by atoms with Gasteiger partial charge >= 0.3 is 5.97 Å². The number of esters is 1. The van der Waals surface area contributed by atoms with Crippen molar-refractivity contribution in [3.63, 3.8) is 0 Å². The van der Waals surface area contributed by atoms with Crippen LogP contribution in [0.15, 0.2) is 97.1 Å². The summed E-state index contributed by atoms with van der Waals surface area (Å²) in [5.74, 6) is -1.17. The number of para-hydroxylation sites is 2. The third-order valence-electron chi connectivity index (χ3n) is 6.54. The van der Waals surface area contributed by atoms with Gasteiger partial charge in [-0.05, 0) is 79.9 Å². The van der Waals surface area contributed by atoms with Gasteiger partial charge in [-0.15, -0.1) is 23.2 Å². The van der Waals surface area contributed by atoms with Crippen molar-refractivity contribution in [1.29, 1.82) is 0 Å². The molecule has 10 nitrogen and oxygen atoms in total. The zero-order valence-corrected chi connectivity index (χ0v) is 31.5. The summed E-state index contributed by atoms with van der Waals surface area (Å²) < 4.78 is 4.39. The van der Waals surface area contributed by atoms with Gasteiger partial charge in [0.2, 0.25) is 5.91 Å². The van der Waals surface area contributed by atoms with Gasteiger partial charge in [-0.3, -0.25) is 24.0 Å². The Morgan fingerprint density at radius 2 is 1.10 bits per heavy atom. The van der Waals surface area contributed by atoms with E-state index in [1.54, 1.807) is 12.1 Å². The molecule has 0 spiro atoms. The Morgan fingerprint density at radius 3 is 1.49 bits per heavy atom. The van der Waals surface area contributed by atoms with Crippen LogP contribution in [0.5, 0.6) is 0 Å². The van der Waals surface area contributed by atoms with Gasteiger partial charge < -0.3 is 26.4 Å². The third kappa shape index (κ3) is 16.6. The molecule has 5 N–H and O–H groups in total. The quantitative estimate of drug-likeness (QED) is 0.0606. The predicted octanol–water partition coefficient (Wildman–Crippen LogP) is 8.80. The molecule has 4 rings (SSSR count). The highest BCUT2D eigenvalue weighted by atomic mass is 35.5. The first-order valence-corrected chi connectivity index (χ1v) is 17.0. The Balaban J connectivity index is 0.000000396. The Labute approximate surface area is 314 Å². The van der Waals surface area contributed by atoms with Crippen LogP contribution in [0.3, 0.4) is 0 Å². The second-order valence-electron chi connectivity index (χ2n) is 11.0. The van der Waals surface area contributed by atoms with Gasteiger partial charge in [0.15, 0.2) is 6.10 Å². The smallest absolute Gasteiger partial charge is 0.303 e. The van der Waals surface area contributed by atoms with Crippen molar-refractivity contribution in [2.24, 2.45) is 5.92 Å². The summed E-state index contributed by atoms with van der Waals surface area (Å²) in [7, 11) is 0. The first kappa shape index (κ1) is 44.1. The fourth-order valence-electron chi connectivity index (χ4n) is 4.08. The fourth-order valence-corrected chi connectivity index (χ4v) is 4.12. The zero-order chi connectivity index (χ0) is 38.5. The van der Waals surface area contributed by atoms with Gasteiger partial charge in [0.1, 0.15) is 0 Å². The molecule has 1 atom stereocenters. The van der Waals surface area contributed by atoms with Crippen molar-refractivity contribution < 1.29 is 28.7 Å². The molecule has 3 amide bonds. The molecule has 4 aromatic carbocycles. The predicted molar refractivity (Wildman–Crippen MR) is 208 cm³/mol. The molecule has 272 valence electrons. The summed E-state index contributed by atoms with van der Waals surface area (Å²) in [5, 5.41) is 8.02. The number of hydrogen-bond donors (Lipinski definition) is 4. The molecule has 13 heteroatoms. The molecule has 4 aromatic rings. The highest BCUT2D eigenvalue weighted by Gasteiger charge is 2.17. The van der Waals surface area contributed by atoms with E-state index < -0.39 is 17.3 Å². The first-order valence-electron chi connectivity index (χ1n) is 15.6. The molecule has 0 aromatic heterocycles. The molecule has 0 radical (unpaired) electrons. The Bertz CT molecular complexity index is 1720. The number of aryl methyl sites for hydroxylation is 2. The van der Waals surface area contributed by atoms with Crippen molar-refractivity contribution in [2.45, 2.75) is 47.6 Å². The molecule has 0 bridgehead atoms. The molecule has 0 heterocycles. The lowest BCUT2D eigenvalue weighted by molar-refractivity contribution is -0.149. The Morgan fingerprint density at radius 1 is 0.667 bits per heavy atom. The van der Waals surface area contributed by atoms with Crippen LogP contribution in [0, 0.1) is 19.8 Å². The standard InChI is InChI=1S/C18H20N2O2.C14H14N2O.C5H7ClO3.CH2Cl2/c1-12(2)17(21)20-15-11-7-8-13(3)16(15)18(22)19-14-9-5-4-6-10-14;1-10-6-5-9-12(15)13(10)14(17)16-11-7-3-2-4-8-11;1-3(5(6)8)9-4(2)7;2-1-3/h4-12H,1-3H3,(H,19,22)(H,20,21);2-9H,15H2,1H3,(H,16,17);3H,1-2H3;1H2/t;;3-;/m..0./s1. The molecule has 0 aliphatic heterocycles. The van der Waals surface area contributed by atoms with E-state index in [2.05, 4.69) is 20.7 Å². The molecule has 0 fully saturated rings. The monoisotopic (exact) mass is 756 g/mol. The maximum absolute atomic E-state index is 12.5. The molecule has 0 aliphatic carbocycles. The molecule has 0 saturated heterocycles. The average Bonchev–Trinajstić information content (AvgIpc) is 3.06. The van der Waals surface area contributed by atoms with Crippen LogP contribution in [0.2, 0.25) is 0 Å². The number of hydrogen-bond acceptors (Lipinski definition) is 7. The van der Waals surface area contributed by atoms with Crippen molar-refractivity contribution >= 4 is 86.5 Å². The maximum Gasteiger partial charge on any atom is 0.303 e. The van der Waals surface area contributed by atoms with Crippen LogP contribution in [0.4, 0.5) is 22.7 Å². The van der Waals surface area contributed by atoms with E-state index in [0.29, 0.717) is 22.5 Å². The third-order valence-corrected chi connectivity index (χ3v) is 6.85. The summed E-state index contributed by atoms with van der Waals surface area (Å²) >= 11 is 14.5. The van der Waals surface area contributed by atoms with E-state index in [1.807, 2.05) is 113 Å². The van der Waals surface area contributed by atoms with Gasteiger partial charge in [-0.25, -0.2) is 0 Å². The van der Waals surface area contributed by atoms with Crippen LogP contribution in [-0.4, -0.2) is 40.4 Å². The van der Waals surface area contributed by atoms with Crippen molar-refractivity contribution in [2.75, 3.05) is 27.0 Å².